The first kappa shape index (κ1) is 18.7. The Hall–Kier alpha value is -3.27. The molecule has 0 aromatic heterocycles. The van der Waals surface area contributed by atoms with Crippen molar-refractivity contribution in [2.24, 2.45) is 5.41 Å². The Kier molecular flexibility index (Phi) is 4.14. The summed E-state index contributed by atoms with van der Waals surface area (Å²) in [6.45, 7) is 4.29. The number of fused-ring (bicyclic) bond motifs is 3. The number of Topliss-reactive ketones (excluding diaryl/α,β-unsaturated/α-hetero) is 1. The van der Waals surface area contributed by atoms with Crippen LogP contribution in [0, 0.1) is 5.41 Å². The van der Waals surface area contributed by atoms with Crippen LogP contribution in [0.3, 0.4) is 0 Å². The summed E-state index contributed by atoms with van der Waals surface area (Å²) < 4.78 is 5.36. The summed E-state index contributed by atoms with van der Waals surface area (Å²) in [7, 11) is 1.54. The van der Waals surface area contributed by atoms with Gasteiger partial charge in [0.05, 0.1) is 12.8 Å². The molecule has 1 aliphatic carbocycles. The quantitative estimate of drug-likeness (QED) is 0.576. The van der Waals surface area contributed by atoms with Gasteiger partial charge in [0.1, 0.15) is 0 Å². The number of carbonyl (C=O) groups excluding carboxylic acids is 1. The van der Waals surface area contributed by atoms with Gasteiger partial charge in [-0.2, -0.15) is 0 Å². The molecule has 3 aromatic carbocycles. The average molecular weight is 399 g/mol. The lowest BCUT2D eigenvalue weighted by Gasteiger charge is -2.40. The van der Waals surface area contributed by atoms with E-state index in [0.29, 0.717) is 12.2 Å². The molecule has 0 radical (unpaired) electrons. The molecule has 3 aromatic rings. The number of ether oxygens (including phenoxy) is 1. The highest BCUT2D eigenvalue weighted by Crippen LogP contribution is 2.51. The molecule has 2 N–H and O–H groups in total. The van der Waals surface area contributed by atoms with E-state index in [4.69, 9.17) is 4.74 Å². The minimum atomic E-state index is -0.195. The third-order valence-corrected chi connectivity index (χ3v) is 6.29. The van der Waals surface area contributed by atoms with Crippen molar-refractivity contribution < 1.29 is 14.6 Å². The van der Waals surface area contributed by atoms with Gasteiger partial charge in [0.2, 0.25) is 0 Å². The summed E-state index contributed by atoms with van der Waals surface area (Å²) in [5.41, 5.74) is 4.86. The van der Waals surface area contributed by atoms with Crippen LogP contribution in [0.25, 0.3) is 10.8 Å². The second kappa shape index (κ2) is 6.63. The third kappa shape index (κ3) is 2.86. The van der Waals surface area contributed by atoms with Crippen molar-refractivity contribution in [1.29, 1.82) is 0 Å². The van der Waals surface area contributed by atoms with Crippen LogP contribution >= 0.6 is 0 Å². The molecular formula is C26H25NO3. The molecular weight excluding hydrogens is 374 g/mol. The second-order valence-corrected chi connectivity index (χ2v) is 9.07. The van der Waals surface area contributed by atoms with Crippen LogP contribution < -0.4 is 10.1 Å². The van der Waals surface area contributed by atoms with Crippen LogP contribution in [-0.2, 0) is 4.79 Å². The average Bonchev–Trinajstić information content (AvgIpc) is 2.72. The first-order valence-corrected chi connectivity index (χ1v) is 10.3. The number of nitrogens with one attached hydrogen (secondary N) is 1. The smallest absolute Gasteiger partial charge is 0.162 e. The molecule has 152 valence electrons. The van der Waals surface area contributed by atoms with E-state index in [9.17, 15) is 9.90 Å². The number of aromatic hydroxyl groups is 1. The van der Waals surface area contributed by atoms with E-state index in [0.717, 1.165) is 45.3 Å². The second-order valence-electron chi connectivity index (χ2n) is 9.07. The molecule has 0 fully saturated rings. The SMILES string of the molecule is COc1cc([C@@H]2C3=C(CC(C)(C)CC3=O)Nc3c2ccc2ccccc32)ccc1O. The number of hydrogen-bond donors (Lipinski definition) is 2. The number of benzene rings is 3. The molecule has 30 heavy (non-hydrogen) atoms. The molecule has 4 nitrogen and oxygen atoms in total. The van der Waals surface area contributed by atoms with E-state index >= 15 is 0 Å². The highest BCUT2D eigenvalue weighted by molar-refractivity contribution is 6.05. The van der Waals surface area contributed by atoms with Gasteiger partial charge in [-0.1, -0.05) is 56.3 Å². The zero-order valence-corrected chi connectivity index (χ0v) is 17.5. The van der Waals surface area contributed by atoms with Gasteiger partial charge in [0, 0.05) is 29.0 Å². The van der Waals surface area contributed by atoms with Crippen molar-refractivity contribution in [2.75, 3.05) is 12.4 Å². The maximum atomic E-state index is 13.3. The molecule has 1 aliphatic heterocycles. The number of anilines is 1. The van der Waals surface area contributed by atoms with Gasteiger partial charge < -0.3 is 15.2 Å². The summed E-state index contributed by atoms with van der Waals surface area (Å²) >= 11 is 0. The van der Waals surface area contributed by atoms with E-state index in [1.54, 1.807) is 13.2 Å². The lowest BCUT2D eigenvalue weighted by Crippen LogP contribution is -2.33. The molecule has 0 bridgehead atoms. The summed E-state index contributed by atoms with van der Waals surface area (Å²) in [5.74, 6) is 0.502. The molecule has 0 saturated carbocycles. The topological polar surface area (TPSA) is 58.6 Å². The van der Waals surface area contributed by atoms with Crippen LogP contribution in [0.2, 0.25) is 0 Å². The predicted octanol–water partition coefficient (Wildman–Crippen LogP) is 5.75. The molecule has 4 heteroatoms. The Balaban J connectivity index is 1.79. The maximum absolute atomic E-state index is 13.3. The number of hydrogen-bond acceptors (Lipinski definition) is 4. The summed E-state index contributed by atoms with van der Waals surface area (Å²) in [4.78, 5) is 13.3. The third-order valence-electron chi connectivity index (χ3n) is 6.29. The minimum Gasteiger partial charge on any atom is -0.504 e. The van der Waals surface area contributed by atoms with Gasteiger partial charge in [0.25, 0.3) is 0 Å². The summed E-state index contributed by atoms with van der Waals surface area (Å²) in [5, 5.41) is 16.1. The van der Waals surface area contributed by atoms with Crippen molar-refractivity contribution in [3.05, 3.63) is 77.0 Å². The Bertz CT molecular complexity index is 1220. The molecule has 1 heterocycles. The maximum Gasteiger partial charge on any atom is 0.162 e. The highest BCUT2D eigenvalue weighted by atomic mass is 16.5. The van der Waals surface area contributed by atoms with E-state index in [-0.39, 0.29) is 22.9 Å². The summed E-state index contributed by atoms with van der Waals surface area (Å²) in [6, 6.07) is 17.9. The fourth-order valence-corrected chi connectivity index (χ4v) is 4.98. The Morgan fingerprint density at radius 2 is 1.87 bits per heavy atom. The van der Waals surface area contributed by atoms with Crippen molar-refractivity contribution in [3.63, 3.8) is 0 Å². The minimum absolute atomic E-state index is 0.0812. The molecule has 0 amide bonds. The molecule has 5 rings (SSSR count). The number of rotatable bonds is 2. The Morgan fingerprint density at radius 3 is 2.67 bits per heavy atom. The first-order valence-electron chi connectivity index (χ1n) is 10.3. The lowest BCUT2D eigenvalue weighted by atomic mass is 9.68. The predicted molar refractivity (Wildman–Crippen MR) is 119 cm³/mol. The largest absolute Gasteiger partial charge is 0.504 e. The molecule has 0 saturated heterocycles. The van der Waals surface area contributed by atoms with Crippen molar-refractivity contribution >= 4 is 22.2 Å². The number of allylic oxidation sites excluding steroid dienone is 2. The molecule has 1 atom stereocenters. The molecule has 2 aliphatic rings. The van der Waals surface area contributed by atoms with Crippen LogP contribution in [0.5, 0.6) is 11.5 Å². The van der Waals surface area contributed by atoms with Crippen LogP contribution in [0.1, 0.15) is 43.7 Å². The number of ketones is 1. The number of carbonyl (C=O) groups is 1. The van der Waals surface area contributed by atoms with Gasteiger partial charge in [-0.15, -0.1) is 0 Å². The van der Waals surface area contributed by atoms with Crippen LogP contribution in [-0.4, -0.2) is 18.0 Å². The van der Waals surface area contributed by atoms with Gasteiger partial charge in [-0.3, -0.25) is 4.79 Å². The fourth-order valence-electron chi connectivity index (χ4n) is 4.98. The first-order chi connectivity index (χ1) is 14.4. The summed E-state index contributed by atoms with van der Waals surface area (Å²) in [6.07, 6.45) is 1.35. The zero-order valence-electron chi connectivity index (χ0n) is 17.5. The van der Waals surface area contributed by atoms with Crippen molar-refractivity contribution in [2.45, 2.75) is 32.6 Å². The standard InChI is InChI=1S/C26H25NO3/c1-26(2)13-19-24(21(29)14-26)23(16-9-11-20(28)22(12-16)30-3)18-10-8-15-6-4-5-7-17(15)25(18)27-19/h4-12,23,27-28H,13-14H2,1-3H3/t23-/m0/s1. The van der Waals surface area contributed by atoms with Gasteiger partial charge in [-0.05, 0) is 40.5 Å². The van der Waals surface area contributed by atoms with Crippen LogP contribution in [0.15, 0.2) is 65.9 Å². The highest BCUT2D eigenvalue weighted by Gasteiger charge is 2.41. The normalized spacial score (nSPS) is 19.8. The van der Waals surface area contributed by atoms with E-state index in [1.165, 1.54) is 0 Å². The number of methoxy groups -OCH3 is 1. The fraction of sp³-hybridized carbons (Fsp3) is 0.269. The number of phenols is 1. The van der Waals surface area contributed by atoms with E-state index < -0.39 is 0 Å². The lowest BCUT2D eigenvalue weighted by molar-refractivity contribution is -0.118. The Labute approximate surface area is 176 Å². The monoisotopic (exact) mass is 399 g/mol. The number of phenolic OH excluding ortho intramolecular Hbond substituents is 1. The zero-order chi connectivity index (χ0) is 21.0. The van der Waals surface area contributed by atoms with Crippen molar-refractivity contribution in [1.82, 2.24) is 0 Å². The molecule has 0 spiro atoms. The van der Waals surface area contributed by atoms with E-state index in [2.05, 4.69) is 43.4 Å². The van der Waals surface area contributed by atoms with Gasteiger partial charge in [0.15, 0.2) is 17.3 Å². The molecule has 0 unspecified atom stereocenters. The van der Waals surface area contributed by atoms with Gasteiger partial charge in [-0.25, -0.2) is 0 Å². The van der Waals surface area contributed by atoms with Gasteiger partial charge >= 0.3 is 0 Å². The van der Waals surface area contributed by atoms with E-state index in [1.807, 2.05) is 24.3 Å². The Morgan fingerprint density at radius 1 is 1.07 bits per heavy atom. The van der Waals surface area contributed by atoms with Crippen molar-refractivity contribution in [3.8, 4) is 11.5 Å². The van der Waals surface area contributed by atoms with Crippen LogP contribution in [0.4, 0.5) is 5.69 Å².